The van der Waals surface area contributed by atoms with Crippen LogP contribution in [0.4, 0.5) is 13.2 Å². The summed E-state index contributed by atoms with van der Waals surface area (Å²) in [4.78, 5) is 11.8. The van der Waals surface area contributed by atoms with E-state index in [9.17, 15) is 13.2 Å². The van der Waals surface area contributed by atoms with Crippen LogP contribution >= 0.6 is 0 Å². The Morgan fingerprint density at radius 1 is 1.11 bits per heavy atom. The van der Waals surface area contributed by atoms with Gasteiger partial charge in [-0.3, -0.25) is 0 Å². The summed E-state index contributed by atoms with van der Waals surface area (Å²) in [6, 6.07) is 7.49. The van der Waals surface area contributed by atoms with E-state index < -0.39 is 23.5 Å². The number of hydrogen-bond acceptors (Lipinski definition) is 5. The standard InChI is InChI=1S/C26H25F3N4O2/c1-16-13-32(15-30-16)22-7-6-17(10-24(22)34-2)9-18-5-3-4-8-33-23(14-35-31-26(18)33)19-11-20(27)25(29)21(28)12-19/h6-7,9-13,15,23H,3-5,8,14H2,1-2H3/b18-9+/t23-/m1/s1. The van der Waals surface area contributed by atoms with Crippen LogP contribution in [0.1, 0.15) is 42.1 Å². The molecular formula is C26H25F3N4O2. The molecule has 0 unspecified atom stereocenters. The maximum absolute atomic E-state index is 14.0. The summed E-state index contributed by atoms with van der Waals surface area (Å²) in [5.41, 5.74) is 3.96. The summed E-state index contributed by atoms with van der Waals surface area (Å²) in [5, 5.41) is 4.31. The van der Waals surface area contributed by atoms with E-state index in [1.165, 1.54) is 0 Å². The first kappa shape index (κ1) is 23.0. The Balaban J connectivity index is 1.49. The molecule has 6 nitrogen and oxygen atoms in total. The van der Waals surface area contributed by atoms with Crippen molar-refractivity contribution >= 4 is 11.9 Å². The Labute approximate surface area is 201 Å². The molecule has 0 bridgehead atoms. The summed E-state index contributed by atoms with van der Waals surface area (Å²) >= 11 is 0. The maximum Gasteiger partial charge on any atom is 0.194 e. The second-order valence-electron chi connectivity index (χ2n) is 8.70. The van der Waals surface area contributed by atoms with Crippen LogP contribution in [0.25, 0.3) is 11.8 Å². The van der Waals surface area contributed by atoms with Crippen molar-refractivity contribution in [3.8, 4) is 11.4 Å². The lowest BCUT2D eigenvalue weighted by Crippen LogP contribution is -2.40. The van der Waals surface area contributed by atoms with Crippen LogP contribution in [-0.4, -0.2) is 40.5 Å². The van der Waals surface area contributed by atoms with E-state index in [1.54, 1.807) is 13.4 Å². The van der Waals surface area contributed by atoms with Gasteiger partial charge in [-0.2, -0.15) is 0 Å². The van der Waals surface area contributed by atoms with Crippen molar-refractivity contribution in [1.29, 1.82) is 0 Å². The summed E-state index contributed by atoms with van der Waals surface area (Å²) in [6.45, 7) is 2.69. The normalized spacial score (nSPS) is 19.1. The number of rotatable bonds is 4. The van der Waals surface area contributed by atoms with Gasteiger partial charge in [-0.15, -0.1) is 0 Å². The minimum Gasteiger partial charge on any atom is -0.495 e. The summed E-state index contributed by atoms with van der Waals surface area (Å²) < 4.78 is 49.0. The van der Waals surface area contributed by atoms with E-state index in [-0.39, 0.29) is 6.61 Å². The number of oxime groups is 1. The largest absolute Gasteiger partial charge is 0.495 e. The highest BCUT2D eigenvalue weighted by atomic mass is 19.2. The third-order valence-corrected chi connectivity index (χ3v) is 6.34. The van der Waals surface area contributed by atoms with Gasteiger partial charge in [0.15, 0.2) is 23.3 Å². The molecule has 2 aromatic carbocycles. The van der Waals surface area contributed by atoms with Crippen LogP contribution < -0.4 is 4.74 Å². The number of aromatic nitrogens is 2. The highest BCUT2D eigenvalue weighted by Gasteiger charge is 2.33. The molecular weight excluding hydrogens is 457 g/mol. The lowest BCUT2D eigenvalue weighted by atomic mass is 10.0. The van der Waals surface area contributed by atoms with Crippen molar-refractivity contribution in [3.63, 3.8) is 0 Å². The van der Waals surface area contributed by atoms with E-state index in [4.69, 9.17) is 9.57 Å². The van der Waals surface area contributed by atoms with Gasteiger partial charge in [0.2, 0.25) is 0 Å². The molecule has 182 valence electrons. The van der Waals surface area contributed by atoms with Gasteiger partial charge in [0.1, 0.15) is 12.4 Å². The molecule has 2 aliphatic rings. The average molecular weight is 483 g/mol. The average Bonchev–Trinajstić information content (AvgIpc) is 3.19. The van der Waals surface area contributed by atoms with Crippen LogP contribution in [0, 0.1) is 24.4 Å². The Kier molecular flexibility index (Phi) is 6.23. The van der Waals surface area contributed by atoms with Crippen LogP contribution in [-0.2, 0) is 4.84 Å². The zero-order valence-corrected chi connectivity index (χ0v) is 19.5. The third-order valence-electron chi connectivity index (χ3n) is 6.34. The number of ether oxygens (including phenoxy) is 1. The number of methoxy groups -OCH3 is 1. The molecule has 1 saturated heterocycles. The number of benzene rings is 2. The van der Waals surface area contributed by atoms with Crippen molar-refractivity contribution in [2.75, 3.05) is 20.3 Å². The Bertz CT molecular complexity index is 1290. The van der Waals surface area contributed by atoms with E-state index in [2.05, 4.69) is 10.1 Å². The topological polar surface area (TPSA) is 51.9 Å². The molecule has 0 spiro atoms. The zero-order valence-electron chi connectivity index (χ0n) is 19.5. The predicted molar refractivity (Wildman–Crippen MR) is 126 cm³/mol. The Hall–Kier alpha value is -3.75. The van der Waals surface area contributed by atoms with E-state index in [0.29, 0.717) is 23.7 Å². The van der Waals surface area contributed by atoms with Crippen LogP contribution in [0.15, 0.2) is 53.6 Å². The highest BCUT2D eigenvalue weighted by Crippen LogP contribution is 2.34. The zero-order chi connectivity index (χ0) is 24.5. The van der Waals surface area contributed by atoms with E-state index in [0.717, 1.165) is 53.9 Å². The second kappa shape index (κ2) is 9.48. The Morgan fingerprint density at radius 3 is 2.63 bits per heavy atom. The smallest absolute Gasteiger partial charge is 0.194 e. The Morgan fingerprint density at radius 2 is 1.91 bits per heavy atom. The van der Waals surface area contributed by atoms with Crippen molar-refractivity contribution < 1.29 is 22.7 Å². The first-order chi connectivity index (χ1) is 16.9. The molecule has 0 amide bonds. The van der Waals surface area contributed by atoms with Crippen molar-refractivity contribution in [3.05, 3.63) is 82.7 Å². The molecule has 35 heavy (non-hydrogen) atoms. The van der Waals surface area contributed by atoms with Gasteiger partial charge in [0.25, 0.3) is 0 Å². The number of nitrogens with zero attached hydrogens (tertiary/aromatic N) is 4. The summed E-state index contributed by atoms with van der Waals surface area (Å²) in [7, 11) is 1.62. The van der Waals surface area contributed by atoms with E-state index in [1.807, 2.05) is 46.9 Å². The first-order valence-electron chi connectivity index (χ1n) is 11.5. The second-order valence-corrected chi connectivity index (χ2v) is 8.70. The molecule has 0 aliphatic carbocycles. The molecule has 3 aromatic rings. The molecule has 5 rings (SSSR count). The first-order valence-corrected chi connectivity index (χ1v) is 11.5. The minimum atomic E-state index is -1.47. The summed E-state index contributed by atoms with van der Waals surface area (Å²) in [6.07, 6.45) is 8.26. The number of imidazole rings is 1. The monoisotopic (exact) mass is 482 g/mol. The lowest BCUT2D eigenvalue weighted by Gasteiger charge is -2.36. The number of halogens is 3. The fourth-order valence-electron chi connectivity index (χ4n) is 4.61. The molecule has 0 N–H and O–H groups in total. The van der Waals surface area contributed by atoms with Gasteiger partial charge in [-0.05, 0) is 73.2 Å². The van der Waals surface area contributed by atoms with Gasteiger partial charge in [-0.1, -0.05) is 11.2 Å². The number of aryl methyl sites for hydroxylation is 1. The number of hydrogen-bond donors (Lipinski definition) is 0. The lowest BCUT2D eigenvalue weighted by molar-refractivity contribution is 0.0611. The van der Waals surface area contributed by atoms with Gasteiger partial charge < -0.3 is 19.0 Å². The molecule has 3 heterocycles. The molecule has 1 fully saturated rings. The van der Waals surface area contributed by atoms with Crippen molar-refractivity contribution in [2.45, 2.75) is 32.2 Å². The molecule has 1 atom stereocenters. The quantitative estimate of drug-likeness (QED) is 0.457. The predicted octanol–water partition coefficient (Wildman–Crippen LogP) is 5.56. The molecule has 9 heteroatoms. The minimum absolute atomic E-state index is 0.119. The number of fused-ring (bicyclic) bond motifs is 1. The van der Waals surface area contributed by atoms with Gasteiger partial charge in [0.05, 0.1) is 30.9 Å². The highest BCUT2D eigenvalue weighted by molar-refractivity contribution is 6.02. The summed E-state index contributed by atoms with van der Waals surface area (Å²) in [5.74, 6) is -2.58. The number of amidine groups is 1. The van der Waals surface area contributed by atoms with Crippen molar-refractivity contribution in [1.82, 2.24) is 14.5 Å². The van der Waals surface area contributed by atoms with Crippen LogP contribution in [0.5, 0.6) is 5.75 Å². The fraction of sp³-hybridized carbons (Fsp3) is 0.308. The maximum atomic E-state index is 14.0. The molecule has 1 aromatic heterocycles. The molecule has 0 radical (unpaired) electrons. The molecule has 2 aliphatic heterocycles. The van der Waals surface area contributed by atoms with Crippen LogP contribution in [0.2, 0.25) is 0 Å². The van der Waals surface area contributed by atoms with Gasteiger partial charge >= 0.3 is 0 Å². The third kappa shape index (κ3) is 4.50. The molecule has 0 saturated carbocycles. The SMILES string of the molecule is COc1cc(/C=C2\CCCCN3C2=NOC[C@@H]3c2cc(F)c(F)c(F)c2)ccc1-n1cnc(C)c1. The van der Waals surface area contributed by atoms with Gasteiger partial charge in [-0.25, -0.2) is 18.2 Å². The fourth-order valence-corrected chi connectivity index (χ4v) is 4.61. The van der Waals surface area contributed by atoms with Gasteiger partial charge in [0, 0.05) is 12.7 Å². The van der Waals surface area contributed by atoms with E-state index >= 15 is 0 Å². The van der Waals surface area contributed by atoms with Crippen LogP contribution in [0.3, 0.4) is 0 Å². The van der Waals surface area contributed by atoms with Crippen molar-refractivity contribution in [2.24, 2.45) is 5.16 Å².